The van der Waals surface area contributed by atoms with Crippen molar-refractivity contribution in [3.8, 4) is 0 Å². The third kappa shape index (κ3) is 2.11. The normalized spacial score (nSPS) is 12.5. The summed E-state index contributed by atoms with van der Waals surface area (Å²) >= 11 is 0. The van der Waals surface area contributed by atoms with Crippen LogP contribution in [0.1, 0.15) is 19.9 Å². The van der Waals surface area contributed by atoms with Gasteiger partial charge in [-0.3, -0.25) is 4.79 Å². The van der Waals surface area contributed by atoms with Crippen molar-refractivity contribution in [3.05, 3.63) is 24.5 Å². The Hall–Kier alpha value is -1.25. The summed E-state index contributed by atoms with van der Waals surface area (Å²) in [6, 6.07) is 3.76. The molecular formula is C10H16N2O. The molecule has 0 radical (unpaired) electrons. The zero-order chi connectivity index (χ0) is 9.84. The molecule has 0 spiro atoms. The lowest BCUT2D eigenvalue weighted by Gasteiger charge is -2.20. The van der Waals surface area contributed by atoms with Gasteiger partial charge in [0.25, 0.3) is 0 Å². The Bertz CT molecular complexity index is 266. The van der Waals surface area contributed by atoms with Crippen molar-refractivity contribution in [1.29, 1.82) is 0 Å². The van der Waals surface area contributed by atoms with Crippen LogP contribution < -0.4 is 0 Å². The monoisotopic (exact) mass is 180 g/mol. The van der Waals surface area contributed by atoms with Gasteiger partial charge in [0.15, 0.2) is 0 Å². The number of likely N-dealkylation sites (N-methyl/N-ethyl adjacent to an activating group) is 1. The van der Waals surface area contributed by atoms with E-state index in [1.54, 1.807) is 4.90 Å². The minimum atomic E-state index is -0.0973. The average Bonchev–Trinajstić information content (AvgIpc) is 2.67. The van der Waals surface area contributed by atoms with E-state index >= 15 is 0 Å². The van der Waals surface area contributed by atoms with Gasteiger partial charge in [-0.15, -0.1) is 0 Å². The fourth-order valence-corrected chi connectivity index (χ4v) is 1.21. The molecule has 0 aliphatic heterocycles. The third-order valence-corrected chi connectivity index (χ3v) is 2.28. The van der Waals surface area contributed by atoms with Crippen molar-refractivity contribution in [2.24, 2.45) is 0 Å². The number of amides is 1. The molecule has 0 saturated carbocycles. The van der Waals surface area contributed by atoms with E-state index in [4.69, 9.17) is 0 Å². The van der Waals surface area contributed by atoms with Gasteiger partial charge in [-0.2, -0.15) is 0 Å². The molecule has 1 heterocycles. The van der Waals surface area contributed by atoms with Gasteiger partial charge in [-0.1, -0.05) is 0 Å². The molecule has 1 rings (SSSR count). The van der Waals surface area contributed by atoms with Crippen LogP contribution in [-0.2, 0) is 4.79 Å². The third-order valence-electron chi connectivity index (χ3n) is 2.28. The first-order chi connectivity index (χ1) is 6.16. The van der Waals surface area contributed by atoms with Crippen LogP contribution in [0, 0.1) is 0 Å². The molecule has 0 saturated heterocycles. The molecule has 0 N–H and O–H groups in total. The van der Waals surface area contributed by atoms with Gasteiger partial charge in [-0.25, -0.2) is 0 Å². The number of hydrogen-bond acceptors (Lipinski definition) is 1. The summed E-state index contributed by atoms with van der Waals surface area (Å²) < 4.78 is 1.91. The smallest absolute Gasteiger partial charge is 0.245 e. The first-order valence-corrected chi connectivity index (χ1v) is 4.54. The van der Waals surface area contributed by atoms with Gasteiger partial charge in [0.05, 0.1) is 0 Å². The lowest BCUT2D eigenvalue weighted by atomic mass is 10.3. The standard InChI is InChI=1S/C10H16N2O/c1-4-11(3)10(13)9(2)12-7-5-6-8-12/h5-9H,4H2,1-3H3. The molecule has 0 fully saturated rings. The zero-order valence-corrected chi connectivity index (χ0v) is 8.40. The minimum Gasteiger partial charge on any atom is -0.344 e. The van der Waals surface area contributed by atoms with Crippen molar-refractivity contribution >= 4 is 5.91 Å². The Labute approximate surface area is 79.0 Å². The van der Waals surface area contributed by atoms with E-state index in [1.165, 1.54) is 0 Å². The summed E-state index contributed by atoms with van der Waals surface area (Å²) in [4.78, 5) is 13.4. The van der Waals surface area contributed by atoms with Gasteiger partial charge < -0.3 is 9.47 Å². The molecule has 1 atom stereocenters. The van der Waals surface area contributed by atoms with Gasteiger partial charge in [0, 0.05) is 26.0 Å². The first-order valence-electron chi connectivity index (χ1n) is 4.54. The topological polar surface area (TPSA) is 25.2 Å². The summed E-state index contributed by atoms with van der Waals surface area (Å²) in [6.07, 6.45) is 3.82. The van der Waals surface area contributed by atoms with E-state index in [0.29, 0.717) is 0 Å². The quantitative estimate of drug-likeness (QED) is 0.692. The van der Waals surface area contributed by atoms with Crippen LogP contribution in [0.2, 0.25) is 0 Å². The molecule has 1 unspecified atom stereocenters. The Morgan fingerprint density at radius 1 is 1.46 bits per heavy atom. The van der Waals surface area contributed by atoms with Crippen LogP contribution in [-0.4, -0.2) is 29.0 Å². The first kappa shape index (κ1) is 9.84. The van der Waals surface area contributed by atoms with Crippen LogP contribution in [0.5, 0.6) is 0 Å². The van der Waals surface area contributed by atoms with E-state index in [2.05, 4.69) is 0 Å². The lowest BCUT2D eigenvalue weighted by molar-refractivity contribution is -0.132. The van der Waals surface area contributed by atoms with Gasteiger partial charge in [0.2, 0.25) is 5.91 Å². The molecule has 3 heteroatoms. The molecule has 0 aromatic carbocycles. The van der Waals surface area contributed by atoms with Crippen molar-refractivity contribution in [1.82, 2.24) is 9.47 Å². The number of carbonyl (C=O) groups is 1. The second-order valence-corrected chi connectivity index (χ2v) is 3.16. The fraction of sp³-hybridized carbons (Fsp3) is 0.500. The molecule has 0 bridgehead atoms. The van der Waals surface area contributed by atoms with Crippen molar-refractivity contribution < 1.29 is 4.79 Å². The van der Waals surface area contributed by atoms with Gasteiger partial charge in [-0.05, 0) is 26.0 Å². The van der Waals surface area contributed by atoms with Crippen LogP contribution in [0.4, 0.5) is 0 Å². The van der Waals surface area contributed by atoms with Crippen molar-refractivity contribution in [2.45, 2.75) is 19.9 Å². The largest absolute Gasteiger partial charge is 0.344 e. The maximum absolute atomic E-state index is 11.7. The molecular weight excluding hydrogens is 164 g/mol. The number of hydrogen-bond donors (Lipinski definition) is 0. The number of rotatable bonds is 3. The van der Waals surface area contributed by atoms with Gasteiger partial charge in [0.1, 0.15) is 6.04 Å². The SMILES string of the molecule is CCN(C)C(=O)C(C)n1cccc1. The average molecular weight is 180 g/mol. The summed E-state index contributed by atoms with van der Waals surface area (Å²) in [5, 5.41) is 0. The summed E-state index contributed by atoms with van der Waals surface area (Å²) in [5.74, 6) is 0.152. The predicted molar refractivity (Wildman–Crippen MR) is 52.5 cm³/mol. The Kier molecular flexibility index (Phi) is 3.12. The van der Waals surface area contributed by atoms with E-state index < -0.39 is 0 Å². The maximum atomic E-state index is 11.7. The number of carbonyl (C=O) groups excluding carboxylic acids is 1. The van der Waals surface area contributed by atoms with Crippen LogP contribution in [0.15, 0.2) is 24.5 Å². The molecule has 1 amide bonds. The highest BCUT2D eigenvalue weighted by Gasteiger charge is 2.16. The highest BCUT2D eigenvalue weighted by atomic mass is 16.2. The van der Waals surface area contributed by atoms with Crippen LogP contribution in [0.25, 0.3) is 0 Å². The summed E-state index contributed by atoms with van der Waals surface area (Å²) in [6.45, 7) is 4.64. The molecule has 0 aliphatic carbocycles. The molecule has 0 aliphatic rings. The highest BCUT2D eigenvalue weighted by Crippen LogP contribution is 2.08. The van der Waals surface area contributed by atoms with Gasteiger partial charge >= 0.3 is 0 Å². The summed E-state index contributed by atoms with van der Waals surface area (Å²) in [7, 11) is 1.82. The van der Waals surface area contributed by atoms with Crippen molar-refractivity contribution in [2.75, 3.05) is 13.6 Å². The van der Waals surface area contributed by atoms with E-state index in [0.717, 1.165) is 6.54 Å². The van der Waals surface area contributed by atoms with Crippen molar-refractivity contribution in [3.63, 3.8) is 0 Å². The molecule has 1 aromatic rings. The summed E-state index contributed by atoms with van der Waals surface area (Å²) in [5.41, 5.74) is 0. The molecule has 72 valence electrons. The molecule has 3 nitrogen and oxygen atoms in total. The van der Waals surface area contributed by atoms with E-state index in [1.807, 2.05) is 50.0 Å². The number of aromatic nitrogens is 1. The van der Waals surface area contributed by atoms with Crippen LogP contribution in [0.3, 0.4) is 0 Å². The molecule has 1 aromatic heterocycles. The fourth-order valence-electron chi connectivity index (χ4n) is 1.21. The highest BCUT2D eigenvalue weighted by molar-refractivity contribution is 5.79. The number of nitrogens with zero attached hydrogens (tertiary/aromatic N) is 2. The lowest BCUT2D eigenvalue weighted by Crippen LogP contribution is -2.32. The molecule has 13 heavy (non-hydrogen) atoms. The minimum absolute atomic E-state index is 0.0973. The Morgan fingerprint density at radius 2 is 2.00 bits per heavy atom. The second-order valence-electron chi connectivity index (χ2n) is 3.16. The predicted octanol–water partition coefficient (Wildman–Crippen LogP) is 1.53. The van der Waals surface area contributed by atoms with Crippen LogP contribution >= 0.6 is 0 Å². The second kappa shape index (κ2) is 4.12. The zero-order valence-electron chi connectivity index (χ0n) is 8.40. The Morgan fingerprint density at radius 3 is 2.46 bits per heavy atom. The maximum Gasteiger partial charge on any atom is 0.245 e. The van der Waals surface area contributed by atoms with E-state index in [9.17, 15) is 4.79 Å². The van der Waals surface area contributed by atoms with E-state index in [-0.39, 0.29) is 11.9 Å². The Balaban J connectivity index is 2.68.